The number of amides is 2. The van der Waals surface area contributed by atoms with Gasteiger partial charge in [-0.2, -0.15) is 0 Å². The number of hydrogen-bond donors (Lipinski definition) is 2. The minimum absolute atomic E-state index is 0.160. The molecule has 0 aliphatic carbocycles. The third kappa shape index (κ3) is 3.13. The Balaban J connectivity index is 2.07. The maximum absolute atomic E-state index is 12.0. The van der Waals surface area contributed by atoms with Crippen molar-refractivity contribution in [2.45, 2.75) is 13.3 Å². The van der Waals surface area contributed by atoms with Gasteiger partial charge in [-0.1, -0.05) is 12.2 Å². The van der Waals surface area contributed by atoms with Gasteiger partial charge in [-0.15, -0.1) is 0 Å². The number of nitrogens with zero attached hydrogens (tertiary/aromatic N) is 1. The number of urea groups is 1. The summed E-state index contributed by atoms with van der Waals surface area (Å²) in [5.74, 6) is -0.962. The van der Waals surface area contributed by atoms with Crippen LogP contribution in [0.5, 0.6) is 0 Å². The molecule has 2 amide bonds. The van der Waals surface area contributed by atoms with Gasteiger partial charge in [0.1, 0.15) is 0 Å². The van der Waals surface area contributed by atoms with E-state index in [1.165, 1.54) is 6.07 Å². The molecule has 5 nitrogen and oxygen atoms in total. The van der Waals surface area contributed by atoms with Gasteiger partial charge in [0.2, 0.25) is 0 Å². The summed E-state index contributed by atoms with van der Waals surface area (Å²) in [6, 6.07) is 4.62. The van der Waals surface area contributed by atoms with Gasteiger partial charge in [0.05, 0.1) is 5.56 Å². The Hall–Kier alpha value is -2.30. The van der Waals surface area contributed by atoms with Crippen molar-refractivity contribution in [2.24, 2.45) is 0 Å². The van der Waals surface area contributed by atoms with Crippen LogP contribution < -0.4 is 5.32 Å². The van der Waals surface area contributed by atoms with Crippen molar-refractivity contribution in [3.63, 3.8) is 0 Å². The van der Waals surface area contributed by atoms with Gasteiger partial charge in [0.15, 0.2) is 0 Å². The molecule has 1 aliphatic rings. The molecule has 0 fully saturated rings. The van der Waals surface area contributed by atoms with E-state index in [-0.39, 0.29) is 11.6 Å². The zero-order valence-corrected chi connectivity index (χ0v) is 10.7. The number of carbonyl (C=O) groups is 2. The van der Waals surface area contributed by atoms with E-state index in [1.54, 1.807) is 24.0 Å². The van der Waals surface area contributed by atoms with Crippen molar-refractivity contribution >= 4 is 17.7 Å². The van der Waals surface area contributed by atoms with Crippen molar-refractivity contribution < 1.29 is 14.7 Å². The van der Waals surface area contributed by atoms with Crippen LogP contribution in [0.4, 0.5) is 10.5 Å². The molecule has 0 aromatic heterocycles. The normalized spacial score (nSPS) is 14.3. The Bertz CT molecular complexity index is 537. The number of hydrogen-bond acceptors (Lipinski definition) is 2. The molecule has 0 spiro atoms. The van der Waals surface area contributed by atoms with E-state index < -0.39 is 5.97 Å². The molecule has 0 saturated heterocycles. The molecule has 0 unspecified atom stereocenters. The summed E-state index contributed by atoms with van der Waals surface area (Å²) in [4.78, 5) is 24.6. The molecule has 1 aromatic carbocycles. The number of carboxylic acids is 1. The molecule has 1 aliphatic heterocycles. The van der Waals surface area contributed by atoms with Crippen molar-refractivity contribution in [1.82, 2.24) is 4.90 Å². The van der Waals surface area contributed by atoms with Crippen LogP contribution in [-0.2, 0) is 0 Å². The largest absolute Gasteiger partial charge is 0.478 e. The van der Waals surface area contributed by atoms with Crippen molar-refractivity contribution in [3.05, 3.63) is 41.5 Å². The molecule has 0 bridgehead atoms. The van der Waals surface area contributed by atoms with Gasteiger partial charge in [0, 0.05) is 18.8 Å². The summed E-state index contributed by atoms with van der Waals surface area (Å²) in [5.41, 5.74) is 1.49. The van der Waals surface area contributed by atoms with Gasteiger partial charge in [-0.05, 0) is 37.1 Å². The number of aromatic carboxylic acids is 1. The predicted octanol–water partition coefficient (Wildman–Crippen LogP) is 2.49. The zero-order valence-electron chi connectivity index (χ0n) is 10.7. The highest BCUT2D eigenvalue weighted by molar-refractivity contribution is 5.92. The molecule has 1 aromatic rings. The summed E-state index contributed by atoms with van der Waals surface area (Å²) in [5, 5.41) is 11.7. The zero-order chi connectivity index (χ0) is 13.8. The Morgan fingerprint density at radius 2 is 2.11 bits per heavy atom. The molecule has 19 heavy (non-hydrogen) atoms. The van der Waals surface area contributed by atoms with Gasteiger partial charge in [-0.25, -0.2) is 9.59 Å². The molecule has 0 saturated carbocycles. The minimum atomic E-state index is -0.962. The maximum Gasteiger partial charge on any atom is 0.335 e. The predicted molar refractivity (Wildman–Crippen MR) is 72.5 cm³/mol. The summed E-state index contributed by atoms with van der Waals surface area (Å²) in [6.45, 7) is 3.02. The van der Waals surface area contributed by atoms with E-state index in [0.29, 0.717) is 24.3 Å². The van der Waals surface area contributed by atoms with Crippen molar-refractivity contribution in [1.29, 1.82) is 0 Å². The van der Waals surface area contributed by atoms with Crippen LogP contribution in [0.1, 0.15) is 22.3 Å². The standard InChI is InChI=1S/C14H16N2O3/c1-10-9-11(5-6-12(10)13(17)18)15-14(19)16-7-3-2-4-8-16/h2-3,5-6,9H,4,7-8H2,1H3,(H,15,19)(H,17,18). The lowest BCUT2D eigenvalue weighted by Crippen LogP contribution is -2.37. The minimum Gasteiger partial charge on any atom is -0.478 e. The van der Waals surface area contributed by atoms with E-state index in [2.05, 4.69) is 11.4 Å². The van der Waals surface area contributed by atoms with Crippen LogP contribution in [0.2, 0.25) is 0 Å². The summed E-state index contributed by atoms with van der Waals surface area (Å²) in [6.07, 6.45) is 4.88. The highest BCUT2D eigenvalue weighted by atomic mass is 16.4. The molecule has 100 valence electrons. The van der Waals surface area contributed by atoms with Gasteiger partial charge in [0.25, 0.3) is 0 Å². The number of anilines is 1. The summed E-state index contributed by atoms with van der Waals surface area (Å²) >= 11 is 0. The molecule has 2 rings (SSSR count). The molecular formula is C14H16N2O3. The van der Waals surface area contributed by atoms with Gasteiger partial charge < -0.3 is 15.3 Å². The van der Waals surface area contributed by atoms with Crippen LogP contribution in [0.3, 0.4) is 0 Å². The molecule has 0 radical (unpaired) electrons. The Morgan fingerprint density at radius 1 is 1.32 bits per heavy atom. The quantitative estimate of drug-likeness (QED) is 0.803. The van der Waals surface area contributed by atoms with E-state index in [4.69, 9.17) is 5.11 Å². The summed E-state index contributed by atoms with van der Waals surface area (Å²) in [7, 11) is 0. The second kappa shape index (κ2) is 5.56. The number of rotatable bonds is 2. The van der Waals surface area contributed by atoms with E-state index >= 15 is 0 Å². The monoisotopic (exact) mass is 260 g/mol. The number of carbonyl (C=O) groups excluding carboxylic acids is 1. The molecule has 1 heterocycles. The maximum atomic E-state index is 12.0. The lowest BCUT2D eigenvalue weighted by atomic mass is 10.1. The Morgan fingerprint density at radius 3 is 2.68 bits per heavy atom. The van der Waals surface area contributed by atoms with Crippen molar-refractivity contribution in [2.75, 3.05) is 18.4 Å². The smallest absolute Gasteiger partial charge is 0.335 e. The van der Waals surface area contributed by atoms with Crippen LogP contribution >= 0.6 is 0 Å². The molecular weight excluding hydrogens is 244 g/mol. The topological polar surface area (TPSA) is 69.6 Å². The first kappa shape index (κ1) is 13.1. The second-order valence-corrected chi connectivity index (χ2v) is 4.47. The number of benzene rings is 1. The fourth-order valence-electron chi connectivity index (χ4n) is 2.01. The number of aryl methyl sites for hydroxylation is 1. The second-order valence-electron chi connectivity index (χ2n) is 4.47. The fraction of sp³-hybridized carbons (Fsp3) is 0.286. The van der Waals surface area contributed by atoms with Crippen LogP contribution in [-0.4, -0.2) is 35.1 Å². The SMILES string of the molecule is Cc1cc(NC(=O)N2CC=CCC2)ccc1C(=O)O. The van der Waals surface area contributed by atoms with Crippen LogP contribution in [0.15, 0.2) is 30.4 Å². The van der Waals surface area contributed by atoms with Crippen LogP contribution in [0.25, 0.3) is 0 Å². The number of nitrogens with one attached hydrogen (secondary N) is 1. The van der Waals surface area contributed by atoms with Gasteiger partial charge >= 0.3 is 12.0 Å². The molecule has 2 N–H and O–H groups in total. The van der Waals surface area contributed by atoms with E-state index in [1.807, 2.05) is 6.08 Å². The summed E-state index contributed by atoms with van der Waals surface area (Å²) < 4.78 is 0. The molecule has 0 atom stereocenters. The van der Waals surface area contributed by atoms with E-state index in [0.717, 1.165) is 6.42 Å². The molecule has 5 heteroatoms. The highest BCUT2D eigenvalue weighted by Gasteiger charge is 2.14. The lowest BCUT2D eigenvalue weighted by Gasteiger charge is -2.23. The first-order valence-electron chi connectivity index (χ1n) is 6.13. The fourth-order valence-corrected chi connectivity index (χ4v) is 2.01. The first-order chi connectivity index (χ1) is 9.08. The van der Waals surface area contributed by atoms with Crippen LogP contribution in [0, 0.1) is 6.92 Å². The third-order valence-corrected chi connectivity index (χ3v) is 3.05. The third-order valence-electron chi connectivity index (χ3n) is 3.05. The Kier molecular flexibility index (Phi) is 3.85. The van der Waals surface area contributed by atoms with Crippen molar-refractivity contribution in [3.8, 4) is 0 Å². The average Bonchev–Trinajstić information content (AvgIpc) is 2.39. The number of carboxylic acid groups (broad SMARTS) is 1. The lowest BCUT2D eigenvalue weighted by molar-refractivity contribution is 0.0696. The highest BCUT2D eigenvalue weighted by Crippen LogP contribution is 2.16. The first-order valence-corrected chi connectivity index (χ1v) is 6.13. The van der Waals surface area contributed by atoms with Gasteiger partial charge in [-0.3, -0.25) is 0 Å². The Labute approximate surface area is 111 Å². The van der Waals surface area contributed by atoms with E-state index in [9.17, 15) is 9.59 Å². The average molecular weight is 260 g/mol.